The maximum Gasteiger partial charge on any atom is 0.411 e. The van der Waals surface area contributed by atoms with E-state index in [1.165, 1.54) is 42.4 Å². The molecule has 0 bridgehead atoms. The summed E-state index contributed by atoms with van der Waals surface area (Å²) in [4.78, 5) is 37.0. The van der Waals surface area contributed by atoms with Crippen molar-refractivity contribution in [2.45, 2.75) is 43.1 Å². The Hall–Kier alpha value is -3.20. The van der Waals surface area contributed by atoms with Crippen molar-refractivity contribution in [3.05, 3.63) is 81.3 Å². The summed E-state index contributed by atoms with van der Waals surface area (Å²) in [6.45, 7) is 5.37. The Morgan fingerprint density at radius 1 is 0.972 bits per heavy atom. The molecule has 0 aromatic heterocycles. The molecule has 0 unspecified atom stereocenters. The number of halogens is 2. The number of carboxylic acid groups (broad SMARTS) is 1. The summed E-state index contributed by atoms with van der Waals surface area (Å²) >= 11 is 14.5. The Kier molecular flexibility index (Phi) is 9.25. The van der Waals surface area contributed by atoms with Crippen molar-refractivity contribution in [3.63, 3.8) is 0 Å². The Bertz CT molecular complexity index is 1310. The number of anilines is 2. The van der Waals surface area contributed by atoms with Gasteiger partial charge in [0.2, 0.25) is 5.91 Å². The normalized spacial score (nSPS) is 10.7. The molecular formula is C26H24Cl2N2O5S. The van der Waals surface area contributed by atoms with E-state index in [1.54, 1.807) is 6.07 Å². The van der Waals surface area contributed by atoms with Crippen molar-refractivity contribution in [1.82, 2.24) is 0 Å². The number of hydrogen-bond acceptors (Lipinski definition) is 5. The summed E-state index contributed by atoms with van der Waals surface area (Å²) in [5.41, 5.74) is 1.79. The summed E-state index contributed by atoms with van der Waals surface area (Å²) in [7, 11) is 0. The average Bonchev–Trinajstić information content (AvgIpc) is 2.82. The Labute approximate surface area is 223 Å². The summed E-state index contributed by atoms with van der Waals surface area (Å²) in [6.07, 6.45) is -0.874. The standard InChI is InChI=1S/C26H24Cl2N2O5S/c1-14(2)18-6-4-5-7-21(18)36-22-11-8-16(23(27)24(22)28)13-35-26(34)30-20-10-9-17(29-15(3)31)12-19(20)25(32)33/h4-12,14H,13H2,1-3H3,(H,29,31)(H,30,34)(H,32,33). The number of amides is 2. The van der Waals surface area contributed by atoms with E-state index >= 15 is 0 Å². The molecule has 10 heteroatoms. The highest BCUT2D eigenvalue weighted by molar-refractivity contribution is 7.99. The van der Waals surface area contributed by atoms with Gasteiger partial charge < -0.3 is 15.2 Å². The number of ether oxygens (including phenoxy) is 1. The smallest absolute Gasteiger partial charge is 0.411 e. The Morgan fingerprint density at radius 3 is 2.36 bits per heavy atom. The minimum atomic E-state index is -1.28. The molecule has 0 aliphatic heterocycles. The first kappa shape index (κ1) is 27.4. The van der Waals surface area contributed by atoms with E-state index in [1.807, 2.05) is 24.3 Å². The third-order valence-corrected chi connectivity index (χ3v) is 7.24. The second-order valence-corrected chi connectivity index (χ2v) is 9.93. The molecule has 0 spiro atoms. The van der Waals surface area contributed by atoms with Crippen molar-refractivity contribution in [2.24, 2.45) is 0 Å². The van der Waals surface area contributed by atoms with Crippen LogP contribution in [-0.4, -0.2) is 23.1 Å². The van der Waals surface area contributed by atoms with Gasteiger partial charge in [-0.25, -0.2) is 9.59 Å². The maximum absolute atomic E-state index is 12.4. The minimum Gasteiger partial charge on any atom is -0.478 e. The van der Waals surface area contributed by atoms with Gasteiger partial charge in [-0.3, -0.25) is 10.1 Å². The van der Waals surface area contributed by atoms with E-state index in [-0.39, 0.29) is 34.5 Å². The van der Waals surface area contributed by atoms with E-state index in [0.29, 0.717) is 16.5 Å². The van der Waals surface area contributed by atoms with E-state index in [0.717, 1.165) is 9.79 Å². The van der Waals surface area contributed by atoms with Crippen LogP contribution in [0.1, 0.15) is 48.2 Å². The van der Waals surface area contributed by atoms with Crippen LogP contribution in [0.5, 0.6) is 0 Å². The molecule has 188 valence electrons. The van der Waals surface area contributed by atoms with Crippen LogP contribution in [-0.2, 0) is 16.1 Å². The molecule has 2 amide bonds. The van der Waals surface area contributed by atoms with Gasteiger partial charge in [0.05, 0.1) is 21.3 Å². The van der Waals surface area contributed by atoms with Crippen molar-refractivity contribution < 1.29 is 24.2 Å². The van der Waals surface area contributed by atoms with Crippen LogP contribution < -0.4 is 10.6 Å². The molecule has 3 aromatic carbocycles. The number of rotatable bonds is 8. The number of hydrogen-bond donors (Lipinski definition) is 3. The van der Waals surface area contributed by atoms with Crippen LogP contribution in [0.25, 0.3) is 0 Å². The second-order valence-electron chi connectivity index (χ2n) is 8.09. The largest absolute Gasteiger partial charge is 0.478 e. The molecule has 0 saturated heterocycles. The molecule has 0 fully saturated rings. The van der Waals surface area contributed by atoms with E-state index in [9.17, 15) is 19.5 Å². The highest BCUT2D eigenvalue weighted by atomic mass is 35.5. The van der Waals surface area contributed by atoms with Crippen LogP contribution in [0.3, 0.4) is 0 Å². The zero-order valence-corrected chi connectivity index (χ0v) is 22.1. The first-order chi connectivity index (χ1) is 17.1. The molecule has 3 aromatic rings. The highest BCUT2D eigenvalue weighted by Gasteiger charge is 2.17. The van der Waals surface area contributed by atoms with Crippen molar-refractivity contribution in [1.29, 1.82) is 0 Å². The van der Waals surface area contributed by atoms with Crippen molar-refractivity contribution in [2.75, 3.05) is 10.6 Å². The molecule has 0 aliphatic rings. The van der Waals surface area contributed by atoms with Gasteiger partial charge in [-0.1, -0.05) is 73.1 Å². The molecule has 3 rings (SSSR count). The van der Waals surface area contributed by atoms with E-state index in [4.69, 9.17) is 27.9 Å². The third-order valence-electron chi connectivity index (χ3n) is 5.05. The van der Waals surface area contributed by atoms with Crippen LogP contribution in [0.2, 0.25) is 10.0 Å². The van der Waals surface area contributed by atoms with Crippen LogP contribution in [0, 0.1) is 0 Å². The molecular weight excluding hydrogens is 523 g/mol. The van der Waals surface area contributed by atoms with Crippen molar-refractivity contribution >= 4 is 64.3 Å². The zero-order chi connectivity index (χ0) is 26.4. The number of aromatic carboxylic acids is 1. The molecule has 0 radical (unpaired) electrons. The Balaban J connectivity index is 1.70. The summed E-state index contributed by atoms with van der Waals surface area (Å²) < 4.78 is 5.24. The number of benzene rings is 3. The lowest BCUT2D eigenvalue weighted by Gasteiger charge is -2.15. The van der Waals surface area contributed by atoms with Crippen LogP contribution in [0.15, 0.2) is 64.4 Å². The van der Waals surface area contributed by atoms with Gasteiger partial charge in [0.1, 0.15) is 6.61 Å². The van der Waals surface area contributed by atoms with Gasteiger partial charge in [0, 0.05) is 28.0 Å². The molecule has 0 saturated carbocycles. The quantitative estimate of drug-likeness (QED) is 0.267. The fourth-order valence-electron chi connectivity index (χ4n) is 3.33. The van der Waals surface area contributed by atoms with Crippen molar-refractivity contribution in [3.8, 4) is 0 Å². The monoisotopic (exact) mass is 546 g/mol. The fourth-order valence-corrected chi connectivity index (χ4v) is 5.04. The highest BCUT2D eigenvalue weighted by Crippen LogP contribution is 2.41. The lowest BCUT2D eigenvalue weighted by molar-refractivity contribution is -0.114. The summed E-state index contributed by atoms with van der Waals surface area (Å²) in [5.74, 6) is -1.28. The summed E-state index contributed by atoms with van der Waals surface area (Å²) in [5, 5.41) is 15.0. The topological polar surface area (TPSA) is 105 Å². The predicted molar refractivity (Wildman–Crippen MR) is 143 cm³/mol. The molecule has 36 heavy (non-hydrogen) atoms. The fraction of sp³-hybridized carbons (Fsp3) is 0.192. The van der Waals surface area contributed by atoms with Crippen LogP contribution in [0.4, 0.5) is 16.2 Å². The zero-order valence-electron chi connectivity index (χ0n) is 19.7. The molecule has 0 atom stereocenters. The molecule has 0 aliphatic carbocycles. The van der Waals surface area contributed by atoms with E-state index in [2.05, 4.69) is 30.5 Å². The van der Waals surface area contributed by atoms with Gasteiger partial charge >= 0.3 is 12.1 Å². The summed E-state index contributed by atoms with van der Waals surface area (Å²) in [6, 6.07) is 15.7. The predicted octanol–water partition coefficient (Wildman–Crippen LogP) is 7.67. The SMILES string of the molecule is CC(=O)Nc1ccc(NC(=O)OCc2ccc(Sc3ccccc3C(C)C)c(Cl)c2Cl)c(C(=O)O)c1. The third kappa shape index (κ3) is 6.94. The van der Waals surface area contributed by atoms with Crippen LogP contribution >= 0.6 is 35.0 Å². The van der Waals surface area contributed by atoms with E-state index < -0.39 is 12.1 Å². The average molecular weight is 547 g/mol. The number of carbonyl (C=O) groups excluding carboxylic acids is 2. The van der Waals surface area contributed by atoms with Gasteiger partial charge in [0.15, 0.2) is 0 Å². The van der Waals surface area contributed by atoms with Gasteiger partial charge in [-0.2, -0.15) is 0 Å². The van der Waals surface area contributed by atoms with Gasteiger partial charge in [-0.15, -0.1) is 0 Å². The lowest BCUT2D eigenvalue weighted by atomic mass is 10.0. The number of carboxylic acids is 1. The second kappa shape index (κ2) is 12.2. The lowest BCUT2D eigenvalue weighted by Crippen LogP contribution is -2.16. The molecule has 7 nitrogen and oxygen atoms in total. The molecule has 0 heterocycles. The number of nitrogens with one attached hydrogen (secondary N) is 2. The maximum atomic E-state index is 12.4. The van der Waals surface area contributed by atoms with Gasteiger partial charge in [-0.05, 0) is 41.8 Å². The van der Waals surface area contributed by atoms with Gasteiger partial charge in [0.25, 0.3) is 0 Å². The first-order valence-corrected chi connectivity index (χ1v) is 12.5. The Morgan fingerprint density at radius 2 is 1.69 bits per heavy atom. The number of carbonyl (C=O) groups is 3. The minimum absolute atomic E-state index is 0.0151. The molecule has 3 N–H and O–H groups in total. The first-order valence-electron chi connectivity index (χ1n) is 10.9.